The number of aromatic nitrogens is 4. The highest BCUT2D eigenvalue weighted by Crippen LogP contribution is 2.32. The number of rotatable bonds is 6. The van der Waals surface area contributed by atoms with Crippen molar-refractivity contribution in [3.63, 3.8) is 0 Å². The molecule has 0 bridgehead atoms. The summed E-state index contributed by atoms with van der Waals surface area (Å²) in [5.74, 6) is 1.43. The first kappa shape index (κ1) is 14.8. The van der Waals surface area contributed by atoms with Crippen molar-refractivity contribution >= 4 is 5.78 Å². The van der Waals surface area contributed by atoms with Gasteiger partial charge in [0.25, 0.3) is 0 Å². The second-order valence-electron chi connectivity index (χ2n) is 6.23. The molecule has 3 aromatic rings. The molecule has 0 unspecified atom stereocenters. The number of tetrazole rings is 1. The molecule has 0 spiro atoms. The fourth-order valence-corrected chi connectivity index (χ4v) is 2.94. The van der Waals surface area contributed by atoms with E-state index in [9.17, 15) is 4.79 Å². The molecule has 1 heterocycles. The summed E-state index contributed by atoms with van der Waals surface area (Å²) in [7, 11) is 0. The topological polar surface area (TPSA) is 71.5 Å². The monoisotopic (exact) mass is 318 g/mol. The van der Waals surface area contributed by atoms with Crippen molar-refractivity contribution in [1.82, 2.24) is 20.6 Å². The number of Topliss-reactive ketones (excluding diaryl/α,β-unsaturated/α-hetero) is 1. The van der Waals surface area contributed by atoms with Gasteiger partial charge in [-0.15, -0.1) is 5.10 Å². The van der Waals surface area contributed by atoms with Crippen LogP contribution in [0, 0.1) is 5.92 Å². The number of carbonyl (C=O) groups excluding carboxylic acids is 1. The first-order chi connectivity index (χ1) is 11.8. The maximum absolute atomic E-state index is 11.8. The Hall–Kier alpha value is -2.82. The van der Waals surface area contributed by atoms with Gasteiger partial charge in [0.1, 0.15) is 5.78 Å². The number of benzene rings is 2. The van der Waals surface area contributed by atoms with Gasteiger partial charge in [-0.25, -0.2) is 5.10 Å². The van der Waals surface area contributed by atoms with Crippen LogP contribution in [0.2, 0.25) is 0 Å². The average molecular weight is 318 g/mol. The Morgan fingerprint density at radius 1 is 1.04 bits per heavy atom. The number of aryl methyl sites for hydroxylation is 1. The van der Waals surface area contributed by atoms with Crippen LogP contribution in [0.5, 0.6) is 0 Å². The summed E-state index contributed by atoms with van der Waals surface area (Å²) in [6, 6.07) is 16.4. The van der Waals surface area contributed by atoms with E-state index in [-0.39, 0.29) is 0 Å². The second-order valence-corrected chi connectivity index (χ2v) is 6.23. The van der Waals surface area contributed by atoms with Gasteiger partial charge >= 0.3 is 0 Å². The third kappa shape index (κ3) is 3.11. The summed E-state index contributed by atoms with van der Waals surface area (Å²) in [6.45, 7) is 0. The van der Waals surface area contributed by atoms with E-state index in [2.05, 4.69) is 51.0 Å². The van der Waals surface area contributed by atoms with Gasteiger partial charge in [0.2, 0.25) is 0 Å². The van der Waals surface area contributed by atoms with Gasteiger partial charge < -0.3 is 0 Å². The van der Waals surface area contributed by atoms with E-state index >= 15 is 0 Å². The Morgan fingerprint density at radius 3 is 2.46 bits per heavy atom. The SMILES string of the molecule is O=C(CCc1ccc(-c2ccccc2-c2nnn[nH]2)cc1)C1CC1. The molecule has 5 nitrogen and oxygen atoms in total. The molecule has 2 aromatic carbocycles. The lowest BCUT2D eigenvalue weighted by Crippen LogP contribution is -2.01. The van der Waals surface area contributed by atoms with Crippen LogP contribution in [0.3, 0.4) is 0 Å². The summed E-state index contributed by atoms with van der Waals surface area (Å²) in [4.78, 5) is 11.8. The van der Waals surface area contributed by atoms with Crippen LogP contribution in [0.15, 0.2) is 48.5 Å². The zero-order valence-corrected chi connectivity index (χ0v) is 13.3. The molecule has 1 N–H and O–H groups in total. The average Bonchev–Trinajstić information content (AvgIpc) is 3.35. The largest absolute Gasteiger partial charge is 0.299 e. The third-order valence-electron chi connectivity index (χ3n) is 4.49. The summed E-state index contributed by atoms with van der Waals surface area (Å²) in [5, 5.41) is 14.1. The molecule has 0 aliphatic heterocycles. The number of hydrogen-bond acceptors (Lipinski definition) is 4. The molecule has 0 amide bonds. The van der Waals surface area contributed by atoms with Crippen LogP contribution in [0.25, 0.3) is 22.5 Å². The summed E-state index contributed by atoms with van der Waals surface area (Å²) in [5.41, 5.74) is 4.36. The predicted octanol–water partition coefficient (Wildman–Crippen LogP) is 3.45. The fraction of sp³-hybridized carbons (Fsp3) is 0.263. The lowest BCUT2D eigenvalue weighted by Gasteiger charge is -2.08. The number of carbonyl (C=O) groups is 1. The van der Waals surface area contributed by atoms with E-state index < -0.39 is 0 Å². The van der Waals surface area contributed by atoms with Gasteiger partial charge in [-0.05, 0) is 46.4 Å². The number of nitrogens with one attached hydrogen (secondary N) is 1. The maximum atomic E-state index is 11.8. The number of hydrogen-bond donors (Lipinski definition) is 1. The minimum Gasteiger partial charge on any atom is -0.299 e. The molecule has 1 aliphatic carbocycles. The highest BCUT2D eigenvalue weighted by Gasteiger charge is 2.28. The summed E-state index contributed by atoms with van der Waals surface area (Å²) < 4.78 is 0. The van der Waals surface area contributed by atoms with Crippen molar-refractivity contribution in [2.24, 2.45) is 5.92 Å². The Kier molecular flexibility index (Phi) is 3.91. The van der Waals surface area contributed by atoms with Gasteiger partial charge in [-0.3, -0.25) is 4.79 Å². The van der Waals surface area contributed by atoms with E-state index in [1.54, 1.807) is 0 Å². The molecular formula is C19H18N4O. The highest BCUT2D eigenvalue weighted by molar-refractivity contribution is 5.83. The zero-order chi connectivity index (χ0) is 16.4. The second kappa shape index (κ2) is 6.35. The maximum Gasteiger partial charge on any atom is 0.180 e. The van der Waals surface area contributed by atoms with E-state index in [1.807, 2.05) is 18.2 Å². The normalized spacial score (nSPS) is 13.8. The lowest BCUT2D eigenvalue weighted by atomic mass is 9.97. The fourth-order valence-electron chi connectivity index (χ4n) is 2.94. The van der Waals surface area contributed by atoms with E-state index in [4.69, 9.17) is 0 Å². The van der Waals surface area contributed by atoms with Crippen LogP contribution in [0.4, 0.5) is 0 Å². The quantitative estimate of drug-likeness (QED) is 0.755. The van der Waals surface area contributed by atoms with Crippen LogP contribution < -0.4 is 0 Å². The molecule has 1 fully saturated rings. The Labute approximate surface area is 140 Å². The molecule has 1 aliphatic rings. The summed E-state index contributed by atoms with van der Waals surface area (Å²) in [6.07, 6.45) is 3.66. The molecule has 1 saturated carbocycles. The molecular weight excluding hydrogens is 300 g/mol. The number of nitrogens with zero attached hydrogens (tertiary/aromatic N) is 3. The van der Waals surface area contributed by atoms with Crippen molar-refractivity contribution in [2.75, 3.05) is 0 Å². The smallest absolute Gasteiger partial charge is 0.180 e. The van der Waals surface area contributed by atoms with E-state index in [0.717, 1.165) is 36.0 Å². The standard InChI is InChI=1S/C19H18N4O/c24-18(15-10-11-15)12-7-13-5-8-14(9-6-13)16-3-1-2-4-17(16)19-20-22-23-21-19/h1-6,8-9,15H,7,10-12H2,(H,20,21,22,23). The first-order valence-corrected chi connectivity index (χ1v) is 8.26. The molecule has 0 radical (unpaired) electrons. The third-order valence-corrected chi connectivity index (χ3v) is 4.49. The van der Waals surface area contributed by atoms with Gasteiger partial charge in [0.05, 0.1) is 0 Å². The molecule has 1 aromatic heterocycles. The zero-order valence-electron chi connectivity index (χ0n) is 13.3. The van der Waals surface area contributed by atoms with E-state index in [0.29, 0.717) is 23.9 Å². The number of H-pyrrole nitrogens is 1. The van der Waals surface area contributed by atoms with Crippen LogP contribution in [-0.2, 0) is 11.2 Å². The van der Waals surface area contributed by atoms with E-state index in [1.165, 1.54) is 5.56 Å². The van der Waals surface area contributed by atoms with Crippen molar-refractivity contribution in [2.45, 2.75) is 25.7 Å². The number of aromatic amines is 1. The predicted molar refractivity (Wildman–Crippen MR) is 91.1 cm³/mol. The van der Waals surface area contributed by atoms with Crippen molar-refractivity contribution in [3.05, 3.63) is 54.1 Å². The van der Waals surface area contributed by atoms with Gasteiger partial charge in [-0.2, -0.15) is 0 Å². The van der Waals surface area contributed by atoms with Gasteiger partial charge in [-0.1, -0.05) is 48.5 Å². The highest BCUT2D eigenvalue weighted by atomic mass is 16.1. The van der Waals surface area contributed by atoms with Crippen LogP contribution >= 0.6 is 0 Å². The van der Waals surface area contributed by atoms with Gasteiger partial charge in [0.15, 0.2) is 5.82 Å². The lowest BCUT2D eigenvalue weighted by molar-refractivity contribution is -0.120. The molecule has 0 atom stereocenters. The van der Waals surface area contributed by atoms with Crippen molar-refractivity contribution in [1.29, 1.82) is 0 Å². The van der Waals surface area contributed by atoms with Crippen molar-refractivity contribution < 1.29 is 4.79 Å². The molecule has 5 heteroatoms. The molecule has 24 heavy (non-hydrogen) atoms. The molecule has 4 rings (SSSR count). The summed E-state index contributed by atoms with van der Waals surface area (Å²) >= 11 is 0. The minimum absolute atomic E-state index is 0.353. The van der Waals surface area contributed by atoms with Crippen LogP contribution in [0.1, 0.15) is 24.8 Å². The first-order valence-electron chi connectivity index (χ1n) is 8.26. The van der Waals surface area contributed by atoms with Crippen molar-refractivity contribution in [3.8, 4) is 22.5 Å². The minimum atomic E-state index is 0.353. The number of ketones is 1. The van der Waals surface area contributed by atoms with Crippen LogP contribution in [-0.4, -0.2) is 26.4 Å². The Morgan fingerprint density at radius 2 is 1.79 bits per heavy atom. The Balaban J connectivity index is 1.54. The Bertz CT molecular complexity index is 836. The van der Waals surface area contributed by atoms with Gasteiger partial charge in [0, 0.05) is 17.9 Å². The molecule has 120 valence electrons. The molecule has 0 saturated heterocycles.